The third-order valence-corrected chi connectivity index (χ3v) is 2.55. The Balaban J connectivity index is 2.24. The van der Waals surface area contributed by atoms with Gasteiger partial charge >= 0.3 is 0 Å². The molecule has 0 bridgehead atoms. The van der Waals surface area contributed by atoms with Crippen LogP contribution >= 0.6 is 0 Å². The van der Waals surface area contributed by atoms with Crippen molar-refractivity contribution in [1.82, 2.24) is 5.32 Å². The Morgan fingerprint density at radius 1 is 1.20 bits per heavy atom. The molecule has 0 saturated carbocycles. The predicted octanol–water partition coefficient (Wildman–Crippen LogP) is 0.530. The number of nitrogens with zero attached hydrogens (tertiary/aromatic N) is 1. The minimum absolute atomic E-state index is 0.718. The largest absolute Gasteiger partial charge is 0.400 e. The summed E-state index contributed by atoms with van der Waals surface area (Å²) in [4.78, 5) is 0. The predicted molar refractivity (Wildman–Crippen MR) is 61.8 cm³/mol. The number of para-hydroxylation sites is 1. The fraction of sp³-hybridized carbons (Fsp3) is 0.273. The highest BCUT2D eigenvalue weighted by atomic mass is 15.4. The molecule has 4 heteroatoms. The summed E-state index contributed by atoms with van der Waals surface area (Å²) >= 11 is 0. The van der Waals surface area contributed by atoms with Gasteiger partial charge in [0.25, 0.3) is 0 Å². The van der Waals surface area contributed by atoms with E-state index in [1.54, 1.807) is 5.01 Å². The van der Waals surface area contributed by atoms with Crippen molar-refractivity contribution in [1.29, 1.82) is 0 Å². The summed E-state index contributed by atoms with van der Waals surface area (Å²) in [6.45, 7) is 1.65. The maximum absolute atomic E-state index is 6.03. The standard InChI is InChI=1S/C11H16N4/c12-10-8-14-7-6-11(10)15(13)9-4-2-1-3-5-9/h1-5,14H,6-8,12-13H2. The second-order valence-electron chi connectivity index (χ2n) is 3.60. The smallest absolute Gasteiger partial charge is 0.0572 e. The van der Waals surface area contributed by atoms with E-state index in [2.05, 4.69) is 5.32 Å². The SMILES string of the molecule is NC1=C(N(N)c2ccccc2)CCNC1. The number of hydrogen-bond acceptors (Lipinski definition) is 4. The van der Waals surface area contributed by atoms with Crippen molar-refractivity contribution in [3.05, 3.63) is 41.7 Å². The van der Waals surface area contributed by atoms with Crippen LogP contribution in [-0.2, 0) is 0 Å². The van der Waals surface area contributed by atoms with Crippen LogP contribution in [0, 0.1) is 0 Å². The highest BCUT2D eigenvalue weighted by molar-refractivity contribution is 5.51. The van der Waals surface area contributed by atoms with Crippen molar-refractivity contribution >= 4 is 5.69 Å². The van der Waals surface area contributed by atoms with Crippen LogP contribution in [0.25, 0.3) is 0 Å². The number of benzene rings is 1. The zero-order valence-corrected chi connectivity index (χ0v) is 8.61. The normalized spacial score (nSPS) is 16.6. The van der Waals surface area contributed by atoms with Gasteiger partial charge in [-0.1, -0.05) is 18.2 Å². The zero-order chi connectivity index (χ0) is 10.7. The first-order chi connectivity index (χ1) is 7.29. The molecule has 0 fully saturated rings. The first kappa shape index (κ1) is 10.0. The van der Waals surface area contributed by atoms with Crippen LogP contribution in [0.3, 0.4) is 0 Å². The van der Waals surface area contributed by atoms with E-state index in [1.165, 1.54) is 0 Å². The molecule has 0 spiro atoms. The first-order valence-corrected chi connectivity index (χ1v) is 5.07. The molecule has 1 aliphatic rings. The lowest BCUT2D eigenvalue weighted by molar-refractivity contribution is 0.651. The molecule has 0 radical (unpaired) electrons. The van der Waals surface area contributed by atoms with Crippen molar-refractivity contribution in [3.8, 4) is 0 Å². The fourth-order valence-electron chi connectivity index (χ4n) is 1.71. The van der Waals surface area contributed by atoms with Gasteiger partial charge in [0.15, 0.2) is 0 Å². The molecule has 0 atom stereocenters. The van der Waals surface area contributed by atoms with Crippen LogP contribution in [0.5, 0.6) is 0 Å². The highest BCUT2D eigenvalue weighted by Crippen LogP contribution is 2.19. The monoisotopic (exact) mass is 204 g/mol. The second-order valence-corrected chi connectivity index (χ2v) is 3.60. The number of rotatable bonds is 2. The van der Waals surface area contributed by atoms with Gasteiger partial charge < -0.3 is 11.1 Å². The Bertz CT molecular complexity index is 358. The molecule has 0 aliphatic carbocycles. The summed E-state index contributed by atoms with van der Waals surface area (Å²) in [5.41, 5.74) is 8.72. The van der Waals surface area contributed by atoms with E-state index in [-0.39, 0.29) is 0 Å². The third kappa shape index (κ3) is 2.11. The molecular weight excluding hydrogens is 188 g/mol. The molecule has 0 aromatic heterocycles. The van der Waals surface area contributed by atoms with Gasteiger partial charge in [0.1, 0.15) is 0 Å². The van der Waals surface area contributed by atoms with Crippen LogP contribution in [0.4, 0.5) is 5.69 Å². The molecule has 1 aromatic rings. The van der Waals surface area contributed by atoms with Gasteiger partial charge in [-0.15, -0.1) is 0 Å². The first-order valence-electron chi connectivity index (χ1n) is 5.07. The fourth-order valence-corrected chi connectivity index (χ4v) is 1.71. The molecule has 4 nitrogen and oxygen atoms in total. The topological polar surface area (TPSA) is 67.3 Å². The van der Waals surface area contributed by atoms with Gasteiger partial charge in [0.2, 0.25) is 0 Å². The van der Waals surface area contributed by atoms with Crippen molar-refractivity contribution < 1.29 is 0 Å². The number of nitrogens with one attached hydrogen (secondary N) is 1. The highest BCUT2D eigenvalue weighted by Gasteiger charge is 2.14. The van der Waals surface area contributed by atoms with Gasteiger partial charge in [-0.3, -0.25) is 5.01 Å². The lowest BCUT2D eigenvalue weighted by Crippen LogP contribution is -2.39. The number of nitrogens with two attached hydrogens (primary N) is 2. The van der Waals surface area contributed by atoms with Gasteiger partial charge in [0, 0.05) is 25.2 Å². The van der Waals surface area contributed by atoms with Gasteiger partial charge in [-0.25, -0.2) is 5.84 Å². The summed E-state index contributed by atoms with van der Waals surface area (Å²) in [5, 5.41) is 4.88. The molecule has 0 unspecified atom stereocenters. The summed E-state index contributed by atoms with van der Waals surface area (Å²) in [6.07, 6.45) is 0.872. The molecule has 2 rings (SSSR count). The third-order valence-electron chi connectivity index (χ3n) is 2.55. The Labute approximate surface area is 89.5 Å². The molecular formula is C11H16N4. The summed E-state index contributed by atoms with van der Waals surface area (Å²) in [6, 6.07) is 9.85. The van der Waals surface area contributed by atoms with Crippen LogP contribution in [0.1, 0.15) is 6.42 Å². The van der Waals surface area contributed by atoms with Gasteiger partial charge in [0.05, 0.1) is 11.4 Å². The molecule has 0 saturated heterocycles. The molecule has 15 heavy (non-hydrogen) atoms. The molecule has 1 aromatic carbocycles. The minimum atomic E-state index is 0.718. The Kier molecular flexibility index (Phi) is 2.89. The molecule has 80 valence electrons. The molecule has 0 amide bonds. The average molecular weight is 204 g/mol. The van der Waals surface area contributed by atoms with E-state index >= 15 is 0 Å². The number of anilines is 1. The van der Waals surface area contributed by atoms with Crippen LogP contribution in [0.15, 0.2) is 41.7 Å². The van der Waals surface area contributed by atoms with E-state index in [1.807, 2.05) is 30.3 Å². The van der Waals surface area contributed by atoms with E-state index in [0.717, 1.165) is 36.6 Å². The van der Waals surface area contributed by atoms with Crippen LogP contribution < -0.4 is 21.9 Å². The van der Waals surface area contributed by atoms with Crippen molar-refractivity contribution in [2.24, 2.45) is 11.6 Å². The van der Waals surface area contributed by atoms with E-state index in [0.29, 0.717) is 0 Å². The minimum Gasteiger partial charge on any atom is -0.400 e. The van der Waals surface area contributed by atoms with Crippen molar-refractivity contribution in [3.63, 3.8) is 0 Å². The summed E-state index contributed by atoms with van der Waals surface area (Å²) in [7, 11) is 0. The van der Waals surface area contributed by atoms with E-state index in [4.69, 9.17) is 11.6 Å². The van der Waals surface area contributed by atoms with Crippen molar-refractivity contribution in [2.75, 3.05) is 18.1 Å². The average Bonchev–Trinajstić information content (AvgIpc) is 2.30. The summed E-state index contributed by atoms with van der Waals surface area (Å²) < 4.78 is 0. The quantitative estimate of drug-likeness (QED) is 0.485. The number of hydrogen-bond donors (Lipinski definition) is 3. The van der Waals surface area contributed by atoms with Crippen molar-refractivity contribution in [2.45, 2.75) is 6.42 Å². The van der Waals surface area contributed by atoms with E-state index in [9.17, 15) is 0 Å². The van der Waals surface area contributed by atoms with E-state index < -0.39 is 0 Å². The lowest BCUT2D eigenvalue weighted by atomic mass is 10.1. The lowest BCUT2D eigenvalue weighted by Gasteiger charge is -2.27. The van der Waals surface area contributed by atoms with Crippen LogP contribution in [-0.4, -0.2) is 13.1 Å². The maximum atomic E-state index is 6.03. The Morgan fingerprint density at radius 2 is 1.93 bits per heavy atom. The Morgan fingerprint density at radius 3 is 2.60 bits per heavy atom. The molecule has 5 N–H and O–H groups in total. The van der Waals surface area contributed by atoms with Crippen LogP contribution in [0.2, 0.25) is 0 Å². The molecule has 1 aliphatic heterocycles. The Hall–Kier alpha value is -1.52. The maximum Gasteiger partial charge on any atom is 0.0572 e. The second kappa shape index (κ2) is 4.33. The van der Waals surface area contributed by atoms with Gasteiger partial charge in [-0.05, 0) is 12.1 Å². The van der Waals surface area contributed by atoms with Gasteiger partial charge in [-0.2, -0.15) is 0 Å². The molecule has 1 heterocycles. The summed E-state index contributed by atoms with van der Waals surface area (Å²) in [5.74, 6) is 6.03. The zero-order valence-electron chi connectivity index (χ0n) is 8.61. The number of hydrazine groups is 1.